The molecule has 19 heavy (non-hydrogen) atoms. The standard InChI is InChI=1S/C16H27N3/c1-2-10-19(14-16-6-4-9-18-13-16)11-7-15-5-3-8-17-12-15/h3,5,8,12,16,18H,2,4,6-7,9-11,13-14H2,1H3. The molecule has 1 unspecified atom stereocenters. The van der Waals surface area contributed by atoms with Crippen molar-refractivity contribution in [2.24, 2.45) is 5.92 Å². The Kier molecular flexibility index (Phi) is 6.31. The highest BCUT2D eigenvalue weighted by molar-refractivity contribution is 5.08. The minimum atomic E-state index is 0.842. The summed E-state index contributed by atoms with van der Waals surface area (Å²) in [6.45, 7) is 8.32. The van der Waals surface area contributed by atoms with E-state index in [2.05, 4.69) is 28.2 Å². The Morgan fingerprint density at radius 3 is 3.05 bits per heavy atom. The SMILES string of the molecule is CCCN(CCc1cccnc1)CC1CCCNC1. The minimum Gasteiger partial charge on any atom is -0.316 e. The quantitative estimate of drug-likeness (QED) is 0.816. The second-order valence-corrected chi connectivity index (χ2v) is 5.62. The summed E-state index contributed by atoms with van der Waals surface area (Å²) in [5.41, 5.74) is 1.35. The van der Waals surface area contributed by atoms with Crippen molar-refractivity contribution in [2.45, 2.75) is 32.6 Å². The van der Waals surface area contributed by atoms with Crippen LogP contribution >= 0.6 is 0 Å². The van der Waals surface area contributed by atoms with E-state index in [1.54, 1.807) is 0 Å². The summed E-state index contributed by atoms with van der Waals surface area (Å²) in [7, 11) is 0. The molecule has 1 aromatic heterocycles. The molecular weight excluding hydrogens is 234 g/mol. The number of piperidine rings is 1. The van der Waals surface area contributed by atoms with Gasteiger partial charge in [0.1, 0.15) is 0 Å². The van der Waals surface area contributed by atoms with Gasteiger partial charge in [-0.2, -0.15) is 0 Å². The van der Waals surface area contributed by atoms with Gasteiger partial charge in [0.25, 0.3) is 0 Å². The smallest absolute Gasteiger partial charge is 0.0300 e. The van der Waals surface area contributed by atoms with Crippen LogP contribution in [0.4, 0.5) is 0 Å². The molecule has 0 spiro atoms. The molecule has 0 amide bonds. The lowest BCUT2D eigenvalue weighted by atomic mass is 9.99. The number of nitrogens with one attached hydrogen (secondary N) is 1. The topological polar surface area (TPSA) is 28.2 Å². The second-order valence-electron chi connectivity index (χ2n) is 5.62. The molecule has 106 valence electrons. The van der Waals surface area contributed by atoms with Gasteiger partial charge in [0.15, 0.2) is 0 Å². The summed E-state index contributed by atoms with van der Waals surface area (Å²) in [6, 6.07) is 4.21. The zero-order valence-electron chi connectivity index (χ0n) is 12.1. The summed E-state index contributed by atoms with van der Waals surface area (Å²) in [5, 5.41) is 3.52. The largest absolute Gasteiger partial charge is 0.316 e. The van der Waals surface area contributed by atoms with E-state index in [1.807, 2.05) is 18.5 Å². The third-order valence-corrected chi connectivity index (χ3v) is 3.89. The first-order valence-electron chi connectivity index (χ1n) is 7.70. The first-order chi connectivity index (χ1) is 9.38. The van der Waals surface area contributed by atoms with Gasteiger partial charge in [0, 0.05) is 25.5 Å². The summed E-state index contributed by atoms with van der Waals surface area (Å²) >= 11 is 0. The Morgan fingerprint density at radius 2 is 2.37 bits per heavy atom. The van der Waals surface area contributed by atoms with Crippen LogP contribution in [0, 0.1) is 5.92 Å². The molecule has 1 atom stereocenters. The molecule has 3 heteroatoms. The molecule has 1 N–H and O–H groups in total. The van der Waals surface area contributed by atoms with E-state index in [9.17, 15) is 0 Å². The Balaban J connectivity index is 1.78. The predicted molar refractivity (Wildman–Crippen MR) is 80.3 cm³/mol. The number of nitrogens with zero attached hydrogens (tertiary/aromatic N) is 2. The van der Waals surface area contributed by atoms with Crippen LogP contribution in [0.1, 0.15) is 31.7 Å². The summed E-state index contributed by atoms with van der Waals surface area (Å²) in [5.74, 6) is 0.842. The van der Waals surface area contributed by atoms with Crippen molar-refractivity contribution < 1.29 is 0 Å². The number of aromatic nitrogens is 1. The van der Waals surface area contributed by atoms with Crippen molar-refractivity contribution in [2.75, 3.05) is 32.7 Å². The molecule has 0 radical (unpaired) electrons. The van der Waals surface area contributed by atoms with E-state index in [1.165, 1.54) is 51.0 Å². The zero-order chi connectivity index (χ0) is 13.3. The third-order valence-electron chi connectivity index (χ3n) is 3.89. The minimum absolute atomic E-state index is 0.842. The maximum absolute atomic E-state index is 4.20. The van der Waals surface area contributed by atoms with Crippen molar-refractivity contribution in [3.05, 3.63) is 30.1 Å². The molecule has 2 rings (SSSR count). The molecule has 1 aliphatic heterocycles. The fourth-order valence-corrected chi connectivity index (χ4v) is 2.89. The maximum Gasteiger partial charge on any atom is 0.0300 e. The molecule has 3 nitrogen and oxygen atoms in total. The van der Waals surface area contributed by atoms with Gasteiger partial charge in [-0.05, 0) is 62.9 Å². The molecular formula is C16H27N3. The lowest BCUT2D eigenvalue weighted by Gasteiger charge is -2.30. The molecule has 0 bridgehead atoms. The van der Waals surface area contributed by atoms with Crippen LogP contribution in [0.5, 0.6) is 0 Å². The Labute approximate surface area is 117 Å². The molecule has 0 aliphatic carbocycles. The summed E-state index contributed by atoms with van der Waals surface area (Å²) in [4.78, 5) is 6.83. The van der Waals surface area contributed by atoms with E-state index < -0.39 is 0 Å². The van der Waals surface area contributed by atoms with Crippen molar-refractivity contribution in [1.82, 2.24) is 15.2 Å². The average molecular weight is 261 g/mol. The molecule has 0 saturated carbocycles. The highest BCUT2D eigenvalue weighted by Crippen LogP contribution is 2.12. The van der Waals surface area contributed by atoms with E-state index >= 15 is 0 Å². The predicted octanol–water partition coefficient (Wildman–Crippen LogP) is 2.34. The Hall–Kier alpha value is -0.930. The highest BCUT2D eigenvalue weighted by atomic mass is 15.1. The fourth-order valence-electron chi connectivity index (χ4n) is 2.89. The summed E-state index contributed by atoms with van der Waals surface area (Å²) in [6.07, 6.45) is 8.93. The van der Waals surface area contributed by atoms with E-state index in [4.69, 9.17) is 0 Å². The van der Waals surface area contributed by atoms with Crippen LogP contribution in [-0.2, 0) is 6.42 Å². The molecule has 1 saturated heterocycles. The lowest BCUT2D eigenvalue weighted by molar-refractivity contribution is 0.210. The van der Waals surface area contributed by atoms with Crippen LogP contribution < -0.4 is 5.32 Å². The molecule has 0 aromatic carbocycles. The van der Waals surface area contributed by atoms with Gasteiger partial charge < -0.3 is 10.2 Å². The maximum atomic E-state index is 4.20. The number of hydrogen-bond donors (Lipinski definition) is 1. The monoisotopic (exact) mass is 261 g/mol. The first kappa shape index (κ1) is 14.5. The third kappa shape index (κ3) is 5.29. The second kappa shape index (κ2) is 8.28. The van der Waals surface area contributed by atoms with Crippen LogP contribution in [0.25, 0.3) is 0 Å². The van der Waals surface area contributed by atoms with Crippen LogP contribution in [0.2, 0.25) is 0 Å². The lowest BCUT2D eigenvalue weighted by Crippen LogP contribution is -2.39. The van der Waals surface area contributed by atoms with Crippen LogP contribution in [-0.4, -0.2) is 42.6 Å². The van der Waals surface area contributed by atoms with Crippen molar-refractivity contribution in [1.29, 1.82) is 0 Å². The number of pyridine rings is 1. The van der Waals surface area contributed by atoms with E-state index in [-0.39, 0.29) is 0 Å². The Bertz CT molecular complexity index is 333. The van der Waals surface area contributed by atoms with Gasteiger partial charge in [0.2, 0.25) is 0 Å². The Morgan fingerprint density at radius 1 is 1.42 bits per heavy atom. The van der Waals surface area contributed by atoms with E-state index in [0.29, 0.717) is 0 Å². The van der Waals surface area contributed by atoms with Gasteiger partial charge in [-0.3, -0.25) is 4.98 Å². The highest BCUT2D eigenvalue weighted by Gasteiger charge is 2.16. The number of rotatable bonds is 7. The average Bonchev–Trinajstić information content (AvgIpc) is 2.47. The van der Waals surface area contributed by atoms with Crippen molar-refractivity contribution in [3.8, 4) is 0 Å². The van der Waals surface area contributed by atoms with Crippen molar-refractivity contribution >= 4 is 0 Å². The van der Waals surface area contributed by atoms with Gasteiger partial charge >= 0.3 is 0 Å². The van der Waals surface area contributed by atoms with Gasteiger partial charge in [-0.15, -0.1) is 0 Å². The zero-order valence-corrected chi connectivity index (χ0v) is 12.1. The van der Waals surface area contributed by atoms with Gasteiger partial charge in [-0.1, -0.05) is 13.0 Å². The molecule has 1 aliphatic rings. The van der Waals surface area contributed by atoms with Crippen molar-refractivity contribution in [3.63, 3.8) is 0 Å². The normalized spacial score (nSPS) is 19.8. The van der Waals surface area contributed by atoms with Crippen LogP contribution in [0.15, 0.2) is 24.5 Å². The summed E-state index contributed by atoms with van der Waals surface area (Å²) < 4.78 is 0. The van der Waals surface area contributed by atoms with E-state index in [0.717, 1.165) is 18.9 Å². The molecule has 1 aromatic rings. The fraction of sp³-hybridized carbons (Fsp3) is 0.688. The molecule has 2 heterocycles. The number of hydrogen-bond acceptors (Lipinski definition) is 3. The van der Waals surface area contributed by atoms with Crippen LogP contribution in [0.3, 0.4) is 0 Å². The van der Waals surface area contributed by atoms with Gasteiger partial charge in [-0.25, -0.2) is 0 Å². The van der Waals surface area contributed by atoms with Gasteiger partial charge in [0.05, 0.1) is 0 Å². The molecule has 1 fully saturated rings. The first-order valence-corrected chi connectivity index (χ1v) is 7.70.